The van der Waals surface area contributed by atoms with E-state index in [9.17, 15) is 4.79 Å². The molecule has 2 aromatic heterocycles. The molecule has 0 radical (unpaired) electrons. The molecule has 3 rings (SSSR count). The Bertz CT molecular complexity index is 1190. The average Bonchev–Trinajstić information content (AvgIpc) is 3.33. The van der Waals surface area contributed by atoms with Gasteiger partial charge < -0.3 is 34.6 Å². The maximum absolute atomic E-state index is 13.0. The number of furan rings is 1. The highest BCUT2D eigenvalue weighted by molar-refractivity contribution is 9.10. The number of aromatic nitrogens is 2. The van der Waals surface area contributed by atoms with E-state index < -0.39 is 14.0 Å². The van der Waals surface area contributed by atoms with Crippen molar-refractivity contribution in [3.63, 3.8) is 0 Å². The second kappa shape index (κ2) is 12.9. The molecule has 1 amide bonds. The minimum Gasteiger partial charge on any atom is -0.479 e. The molecule has 200 valence electrons. The summed E-state index contributed by atoms with van der Waals surface area (Å²) in [6, 6.07) is 9.17. The standard InChI is InChI=1S/C25H34BrN5O5Si/c1-7-12-27-13-14-28-25-30-23(33-2)21(24(31-25)34-3)29-22(32)18-10-11-20(35-18)36-19-15-16(37(4,5)6)8-9-17(19)26/h8-11,15,27H,7,12-14H2,1-6H3,(H,29,32)(H,28,30,31). The topological polar surface area (TPSA) is 120 Å². The van der Waals surface area contributed by atoms with Crippen molar-refractivity contribution >= 4 is 46.7 Å². The smallest absolute Gasteiger partial charge is 0.291 e. The molecule has 0 atom stereocenters. The number of ether oxygens (including phenoxy) is 3. The van der Waals surface area contributed by atoms with Gasteiger partial charge in [-0.15, -0.1) is 0 Å². The van der Waals surface area contributed by atoms with E-state index in [0.717, 1.165) is 24.0 Å². The Hall–Kier alpha value is -3.09. The van der Waals surface area contributed by atoms with E-state index in [4.69, 9.17) is 18.6 Å². The van der Waals surface area contributed by atoms with Crippen LogP contribution >= 0.6 is 15.9 Å². The molecule has 0 saturated carbocycles. The van der Waals surface area contributed by atoms with Crippen LogP contribution in [0.4, 0.5) is 11.6 Å². The van der Waals surface area contributed by atoms with Crippen LogP contribution in [0.5, 0.6) is 23.5 Å². The van der Waals surface area contributed by atoms with E-state index in [1.807, 2.05) is 12.1 Å². The van der Waals surface area contributed by atoms with Crippen LogP contribution in [0, 0.1) is 0 Å². The van der Waals surface area contributed by atoms with E-state index in [2.05, 4.69) is 74.5 Å². The van der Waals surface area contributed by atoms with Crippen LogP contribution < -0.4 is 35.3 Å². The number of carbonyl (C=O) groups excluding carboxylic acids is 1. The molecule has 0 aliphatic carbocycles. The van der Waals surface area contributed by atoms with Crippen LogP contribution in [0.1, 0.15) is 23.9 Å². The van der Waals surface area contributed by atoms with E-state index in [0.29, 0.717) is 18.2 Å². The van der Waals surface area contributed by atoms with Gasteiger partial charge in [0.25, 0.3) is 11.9 Å². The molecule has 0 aliphatic heterocycles. The zero-order chi connectivity index (χ0) is 27.0. The number of carbonyl (C=O) groups is 1. The molecule has 37 heavy (non-hydrogen) atoms. The molecule has 3 N–H and O–H groups in total. The lowest BCUT2D eigenvalue weighted by Crippen LogP contribution is -2.37. The first-order chi connectivity index (χ1) is 17.7. The highest BCUT2D eigenvalue weighted by Crippen LogP contribution is 2.34. The number of methoxy groups -OCH3 is 2. The summed E-state index contributed by atoms with van der Waals surface area (Å²) in [7, 11) is 1.37. The largest absolute Gasteiger partial charge is 0.479 e. The number of nitrogens with zero attached hydrogens (tertiary/aromatic N) is 2. The van der Waals surface area contributed by atoms with Gasteiger partial charge >= 0.3 is 0 Å². The van der Waals surface area contributed by atoms with Crippen molar-refractivity contribution in [3.05, 3.63) is 40.6 Å². The van der Waals surface area contributed by atoms with Crippen LogP contribution in [0.3, 0.4) is 0 Å². The van der Waals surface area contributed by atoms with Gasteiger partial charge in [0.2, 0.25) is 17.7 Å². The molecule has 10 nitrogen and oxygen atoms in total. The molecule has 1 aromatic carbocycles. The molecule has 3 aromatic rings. The maximum atomic E-state index is 13.0. The van der Waals surface area contributed by atoms with Crippen LogP contribution in [0.25, 0.3) is 0 Å². The number of hydrogen-bond acceptors (Lipinski definition) is 9. The Labute approximate surface area is 226 Å². The molecule has 0 fully saturated rings. The zero-order valence-corrected chi connectivity index (χ0v) is 24.6. The van der Waals surface area contributed by atoms with Gasteiger partial charge in [-0.25, -0.2) is 0 Å². The lowest BCUT2D eigenvalue weighted by atomic mass is 10.3. The fourth-order valence-corrected chi connectivity index (χ4v) is 4.77. The summed E-state index contributed by atoms with van der Waals surface area (Å²) < 4.78 is 23.2. The molecule has 0 unspecified atom stereocenters. The van der Waals surface area contributed by atoms with Gasteiger partial charge in [0.05, 0.1) is 26.8 Å². The van der Waals surface area contributed by atoms with Gasteiger partial charge in [0.1, 0.15) is 5.75 Å². The molecule has 0 aliphatic rings. The minimum absolute atomic E-state index is 0.0424. The van der Waals surface area contributed by atoms with Gasteiger partial charge in [0, 0.05) is 19.2 Å². The molecule has 12 heteroatoms. The van der Waals surface area contributed by atoms with Crippen molar-refractivity contribution in [1.82, 2.24) is 15.3 Å². The first-order valence-corrected chi connectivity index (χ1v) is 16.3. The lowest BCUT2D eigenvalue weighted by Gasteiger charge is -2.18. The Morgan fingerprint density at radius 2 is 1.73 bits per heavy atom. The van der Waals surface area contributed by atoms with Crippen molar-refractivity contribution in [3.8, 4) is 23.5 Å². The molecule has 0 spiro atoms. The number of amides is 1. The third kappa shape index (κ3) is 7.70. The van der Waals surface area contributed by atoms with E-state index in [1.165, 1.54) is 25.5 Å². The Morgan fingerprint density at radius 1 is 1.03 bits per heavy atom. The Morgan fingerprint density at radius 3 is 2.35 bits per heavy atom. The SMILES string of the molecule is CCCNCCNc1nc(OC)c(NC(=O)c2ccc(Oc3cc([Si](C)(C)C)ccc3Br)o2)c(OC)n1. The zero-order valence-electron chi connectivity index (χ0n) is 22.0. The summed E-state index contributed by atoms with van der Waals surface area (Å²) in [4.78, 5) is 21.6. The van der Waals surface area contributed by atoms with Crippen LogP contribution in [-0.4, -0.2) is 57.8 Å². The van der Waals surface area contributed by atoms with Crippen LogP contribution in [0.2, 0.25) is 19.6 Å². The normalized spacial score (nSPS) is 11.2. The summed E-state index contributed by atoms with van der Waals surface area (Å²) >= 11 is 3.52. The monoisotopic (exact) mass is 591 g/mol. The molecule has 0 saturated heterocycles. The molecule has 0 bridgehead atoms. The van der Waals surface area contributed by atoms with Crippen molar-refractivity contribution < 1.29 is 23.4 Å². The third-order valence-electron chi connectivity index (χ3n) is 5.29. The van der Waals surface area contributed by atoms with Crippen molar-refractivity contribution in [2.24, 2.45) is 0 Å². The fraction of sp³-hybridized carbons (Fsp3) is 0.400. The maximum Gasteiger partial charge on any atom is 0.291 e. The predicted molar refractivity (Wildman–Crippen MR) is 151 cm³/mol. The third-order valence-corrected chi connectivity index (χ3v) is 7.99. The number of anilines is 2. The second-order valence-corrected chi connectivity index (χ2v) is 15.1. The highest BCUT2D eigenvalue weighted by atomic mass is 79.9. The summed E-state index contributed by atoms with van der Waals surface area (Å²) in [5.41, 5.74) is 0.189. The Balaban J connectivity index is 1.73. The highest BCUT2D eigenvalue weighted by Gasteiger charge is 2.22. The average molecular weight is 593 g/mol. The first kappa shape index (κ1) is 28.5. The van der Waals surface area contributed by atoms with Crippen molar-refractivity contribution in [1.29, 1.82) is 0 Å². The number of rotatable bonds is 13. The molecular weight excluding hydrogens is 558 g/mol. The predicted octanol–water partition coefficient (Wildman–Crippen LogP) is 4.85. The second-order valence-electron chi connectivity index (χ2n) is 9.19. The van der Waals surface area contributed by atoms with E-state index in [-0.39, 0.29) is 29.2 Å². The molecular formula is C25H34BrN5O5Si. The fourth-order valence-electron chi connectivity index (χ4n) is 3.30. The first-order valence-electron chi connectivity index (χ1n) is 12.0. The summed E-state index contributed by atoms with van der Waals surface area (Å²) in [6.07, 6.45) is 1.05. The van der Waals surface area contributed by atoms with Gasteiger partial charge in [-0.3, -0.25) is 4.79 Å². The van der Waals surface area contributed by atoms with E-state index in [1.54, 1.807) is 6.07 Å². The Kier molecular flexibility index (Phi) is 9.95. The number of hydrogen-bond donors (Lipinski definition) is 3. The minimum atomic E-state index is -1.54. The van der Waals surface area contributed by atoms with Gasteiger partial charge in [-0.2, -0.15) is 9.97 Å². The number of nitrogens with one attached hydrogen (secondary N) is 3. The summed E-state index contributed by atoms with van der Waals surface area (Å²) in [5, 5.41) is 10.4. The van der Waals surface area contributed by atoms with Gasteiger partial charge in [0.15, 0.2) is 11.4 Å². The van der Waals surface area contributed by atoms with Gasteiger partial charge in [-0.05, 0) is 47.1 Å². The summed E-state index contributed by atoms with van der Waals surface area (Å²) in [6.45, 7) is 11.2. The number of benzene rings is 1. The molecule has 2 heterocycles. The van der Waals surface area contributed by atoms with E-state index >= 15 is 0 Å². The van der Waals surface area contributed by atoms with Crippen molar-refractivity contribution in [2.45, 2.75) is 33.0 Å². The number of halogens is 1. The quantitative estimate of drug-likeness (QED) is 0.189. The van der Waals surface area contributed by atoms with Crippen molar-refractivity contribution in [2.75, 3.05) is 44.5 Å². The van der Waals surface area contributed by atoms with Crippen LogP contribution in [-0.2, 0) is 0 Å². The van der Waals surface area contributed by atoms with Gasteiger partial charge in [-0.1, -0.05) is 37.8 Å². The van der Waals surface area contributed by atoms with Crippen LogP contribution in [0.15, 0.2) is 39.2 Å². The lowest BCUT2D eigenvalue weighted by molar-refractivity contribution is 0.0990. The summed E-state index contributed by atoms with van der Waals surface area (Å²) in [5.74, 6) is 0.939.